The number of aromatic nitrogens is 3. The van der Waals surface area contributed by atoms with Crippen LogP contribution in [0.1, 0.15) is 12.7 Å². The van der Waals surface area contributed by atoms with Gasteiger partial charge in [-0.2, -0.15) is 0 Å². The van der Waals surface area contributed by atoms with Gasteiger partial charge in [0.1, 0.15) is 5.82 Å². The van der Waals surface area contributed by atoms with Gasteiger partial charge in [0.2, 0.25) is 5.16 Å². The van der Waals surface area contributed by atoms with Crippen LogP contribution in [0.3, 0.4) is 0 Å². The zero-order valence-electron chi connectivity index (χ0n) is 7.53. The molecule has 0 aromatic carbocycles. The molecule has 0 saturated carbocycles. The van der Waals surface area contributed by atoms with Gasteiger partial charge in [-0.15, -0.1) is 5.10 Å². The molecule has 5 nitrogen and oxygen atoms in total. The summed E-state index contributed by atoms with van der Waals surface area (Å²) >= 11 is 1.26. The van der Waals surface area contributed by atoms with Crippen molar-refractivity contribution in [1.82, 2.24) is 15.2 Å². The van der Waals surface area contributed by atoms with Crippen molar-refractivity contribution >= 4 is 17.7 Å². The number of aromatic amines is 1. The molecule has 0 aliphatic heterocycles. The van der Waals surface area contributed by atoms with Gasteiger partial charge in [0.25, 0.3) is 0 Å². The normalized spacial score (nSPS) is 10.0. The third kappa shape index (κ3) is 3.06. The summed E-state index contributed by atoms with van der Waals surface area (Å²) in [5.41, 5.74) is 0. The van der Waals surface area contributed by atoms with Gasteiger partial charge in [0.05, 0.1) is 12.9 Å². The van der Waals surface area contributed by atoms with Crippen molar-refractivity contribution in [2.45, 2.75) is 18.5 Å². The molecule has 13 heavy (non-hydrogen) atoms. The number of aryl methyl sites for hydroxylation is 1. The number of nitrogens with zero attached hydrogens (tertiary/aromatic N) is 2. The van der Waals surface area contributed by atoms with Crippen LogP contribution in [0.4, 0.5) is 0 Å². The van der Waals surface area contributed by atoms with Gasteiger partial charge >= 0.3 is 5.97 Å². The molecule has 0 aliphatic rings. The van der Waals surface area contributed by atoms with E-state index in [1.54, 1.807) is 0 Å². The highest BCUT2D eigenvalue weighted by Crippen LogP contribution is 2.11. The lowest BCUT2D eigenvalue weighted by atomic mass is 10.5. The summed E-state index contributed by atoms with van der Waals surface area (Å²) in [6.07, 6.45) is 0.811. The Kier molecular flexibility index (Phi) is 3.75. The standard InChI is InChI=1S/C7H11N3O2S/c1-3-5-8-7(10-9-5)13-4-6(11)12-2/h3-4H2,1-2H3,(H,8,9,10). The van der Waals surface area contributed by atoms with Crippen molar-refractivity contribution in [2.24, 2.45) is 0 Å². The second-order valence-corrected chi connectivity index (χ2v) is 3.23. The molecule has 0 fully saturated rings. The topological polar surface area (TPSA) is 67.9 Å². The summed E-state index contributed by atoms with van der Waals surface area (Å²) < 4.78 is 4.48. The lowest BCUT2D eigenvalue weighted by molar-refractivity contribution is -0.137. The summed E-state index contributed by atoms with van der Waals surface area (Å²) in [7, 11) is 1.36. The van der Waals surface area contributed by atoms with E-state index in [1.165, 1.54) is 18.9 Å². The minimum Gasteiger partial charge on any atom is -0.468 e. The smallest absolute Gasteiger partial charge is 0.316 e. The molecule has 0 atom stereocenters. The molecule has 0 radical (unpaired) electrons. The third-order valence-electron chi connectivity index (χ3n) is 1.39. The van der Waals surface area contributed by atoms with Crippen LogP contribution < -0.4 is 0 Å². The van der Waals surface area contributed by atoms with Crippen LogP contribution in [0.15, 0.2) is 5.16 Å². The molecule has 1 rings (SSSR count). The molecule has 1 N–H and O–H groups in total. The second kappa shape index (κ2) is 4.86. The molecule has 6 heteroatoms. The van der Waals surface area contributed by atoms with E-state index >= 15 is 0 Å². The Hall–Kier alpha value is -1.04. The quantitative estimate of drug-likeness (QED) is 0.571. The number of ether oxygens (including phenoxy) is 1. The monoisotopic (exact) mass is 201 g/mol. The van der Waals surface area contributed by atoms with Crippen molar-refractivity contribution in [2.75, 3.05) is 12.9 Å². The Labute approximate surface area is 80.3 Å². The van der Waals surface area contributed by atoms with Crippen molar-refractivity contribution < 1.29 is 9.53 Å². The predicted molar refractivity (Wildman–Crippen MR) is 48.5 cm³/mol. The maximum absolute atomic E-state index is 10.8. The molecule has 1 heterocycles. The maximum atomic E-state index is 10.8. The van der Waals surface area contributed by atoms with E-state index in [0.717, 1.165) is 12.2 Å². The van der Waals surface area contributed by atoms with E-state index in [1.807, 2.05) is 6.92 Å². The number of esters is 1. The number of rotatable bonds is 4. The number of carbonyl (C=O) groups is 1. The fourth-order valence-electron chi connectivity index (χ4n) is 0.683. The fourth-order valence-corrected chi connectivity index (χ4v) is 1.33. The van der Waals surface area contributed by atoms with Crippen LogP contribution in [0.5, 0.6) is 0 Å². The lowest BCUT2D eigenvalue weighted by Crippen LogP contribution is -2.03. The van der Waals surface area contributed by atoms with Crippen LogP contribution in [0.2, 0.25) is 0 Å². The van der Waals surface area contributed by atoms with Crippen LogP contribution in [0, 0.1) is 0 Å². The Morgan fingerprint density at radius 2 is 2.46 bits per heavy atom. The predicted octanol–water partition coefficient (Wildman–Crippen LogP) is 0.632. The third-order valence-corrected chi connectivity index (χ3v) is 2.21. The van der Waals surface area contributed by atoms with Gasteiger partial charge in [-0.25, -0.2) is 4.98 Å². The average Bonchev–Trinajstić information content (AvgIpc) is 2.61. The zero-order chi connectivity index (χ0) is 9.68. The van der Waals surface area contributed by atoms with Crippen LogP contribution in [0.25, 0.3) is 0 Å². The SMILES string of the molecule is CCc1nc(SCC(=O)OC)n[nH]1. The number of H-pyrrole nitrogens is 1. The average molecular weight is 201 g/mol. The number of thioether (sulfide) groups is 1. The summed E-state index contributed by atoms with van der Waals surface area (Å²) in [6.45, 7) is 1.98. The number of methoxy groups -OCH3 is 1. The summed E-state index contributed by atoms with van der Waals surface area (Å²) in [5, 5.41) is 7.26. The van der Waals surface area contributed by atoms with Crippen molar-refractivity contribution in [3.8, 4) is 0 Å². The summed E-state index contributed by atoms with van der Waals surface area (Å²) in [6, 6.07) is 0. The molecule has 0 bridgehead atoms. The fraction of sp³-hybridized carbons (Fsp3) is 0.571. The molecular weight excluding hydrogens is 190 g/mol. The van der Waals surface area contributed by atoms with Crippen molar-refractivity contribution in [1.29, 1.82) is 0 Å². The molecule has 0 saturated heterocycles. The van der Waals surface area contributed by atoms with E-state index in [2.05, 4.69) is 19.9 Å². The van der Waals surface area contributed by atoms with Crippen LogP contribution in [-0.4, -0.2) is 34.0 Å². The van der Waals surface area contributed by atoms with E-state index in [4.69, 9.17) is 0 Å². The van der Waals surface area contributed by atoms with Gasteiger partial charge in [-0.3, -0.25) is 9.89 Å². The van der Waals surface area contributed by atoms with Gasteiger partial charge in [0.15, 0.2) is 0 Å². The first-order chi connectivity index (χ1) is 6.26. The molecule has 0 spiro atoms. The van der Waals surface area contributed by atoms with E-state index in [-0.39, 0.29) is 11.7 Å². The minimum absolute atomic E-state index is 0.248. The van der Waals surface area contributed by atoms with Gasteiger partial charge in [0, 0.05) is 6.42 Å². The summed E-state index contributed by atoms with van der Waals surface area (Å²) in [4.78, 5) is 14.9. The first kappa shape index (κ1) is 10.0. The van der Waals surface area contributed by atoms with Gasteiger partial charge in [-0.1, -0.05) is 18.7 Å². The van der Waals surface area contributed by atoms with E-state index in [9.17, 15) is 4.79 Å². The highest BCUT2D eigenvalue weighted by Gasteiger charge is 2.05. The van der Waals surface area contributed by atoms with E-state index in [0.29, 0.717) is 5.16 Å². The number of carbonyl (C=O) groups excluding carboxylic acids is 1. The molecule has 72 valence electrons. The Balaban J connectivity index is 2.41. The Morgan fingerprint density at radius 3 is 3.00 bits per heavy atom. The molecule has 1 aromatic heterocycles. The summed E-state index contributed by atoms with van der Waals surface area (Å²) in [5.74, 6) is 0.803. The van der Waals surface area contributed by atoms with Gasteiger partial charge < -0.3 is 4.74 Å². The Morgan fingerprint density at radius 1 is 1.69 bits per heavy atom. The first-order valence-corrected chi connectivity index (χ1v) is 4.85. The number of nitrogens with one attached hydrogen (secondary N) is 1. The largest absolute Gasteiger partial charge is 0.468 e. The second-order valence-electron chi connectivity index (χ2n) is 2.28. The molecule has 0 unspecified atom stereocenters. The van der Waals surface area contributed by atoms with E-state index < -0.39 is 0 Å². The molecule has 1 aromatic rings. The number of hydrogen-bond acceptors (Lipinski definition) is 5. The molecule has 0 amide bonds. The Bertz CT molecular complexity index is 287. The van der Waals surface area contributed by atoms with Crippen LogP contribution >= 0.6 is 11.8 Å². The minimum atomic E-state index is -0.271. The highest BCUT2D eigenvalue weighted by molar-refractivity contribution is 7.99. The lowest BCUT2D eigenvalue weighted by Gasteiger charge is -1.93. The number of hydrogen-bond donors (Lipinski definition) is 1. The zero-order valence-corrected chi connectivity index (χ0v) is 8.35. The molecule has 0 aliphatic carbocycles. The molecular formula is C7H11N3O2S. The van der Waals surface area contributed by atoms with Crippen molar-refractivity contribution in [3.05, 3.63) is 5.82 Å². The van der Waals surface area contributed by atoms with Gasteiger partial charge in [-0.05, 0) is 0 Å². The maximum Gasteiger partial charge on any atom is 0.316 e. The van der Waals surface area contributed by atoms with Crippen molar-refractivity contribution in [3.63, 3.8) is 0 Å². The first-order valence-electron chi connectivity index (χ1n) is 3.87. The highest BCUT2D eigenvalue weighted by atomic mass is 32.2. The van der Waals surface area contributed by atoms with Crippen LogP contribution in [-0.2, 0) is 16.0 Å².